The van der Waals surface area contributed by atoms with E-state index in [0.29, 0.717) is 11.3 Å². The van der Waals surface area contributed by atoms with E-state index in [1.807, 2.05) is 42.5 Å². The van der Waals surface area contributed by atoms with Crippen LogP contribution in [0.3, 0.4) is 0 Å². The third-order valence-corrected chi connectivity index (χ3v) is 4.23. The zero-order chi connectivity index (χ0) is 18.5. The molecule has 3 rings (SSSR count). The average molecular weight is 349 g/mol. The number of carboxylic acid groups (broad SMARTS) is 1. The molecule has 5 heteroatoms. The van der Waals surface area contributed by atoms with Crippen LogP contribution in [0.5, 0.6) is 5.75 Å². The van der Waals surface area contributed by atoms with Crippen molar-refractivity contribution in [2.75, 3.05) is 7.11 Å². The highest BCUT2D eigenvalue weighted by atomic mass is 16.5. The highest BCUT2D eigenvalue weighted by molar-refractivity contribution is 6.00. The molecule has 1 amide bonds. The van der Waals surface area contributed by atoms with Crippen LogP contribution in [0.25, 0.3) is 10.8 Å². The number of rotatable bonds is 6. The van der Waals surface area contributed by atoms with Gasteiger partial charge in [0.2, 0.25) is 0 Å². The summed E-state index contributed by atoms with van der Waals surface area (Å²) >= 11 is 0. The molecule has 0 bridgehead atoms. The minimum Gasteiger partial charge on any atom is -0.496 e. The van der Waals surface area contributed by atoms with Crippen LogP contribution in [-0.2, 0) is 11.2 Å². The Balaban J connectivity index is 1.80. The standard InChI is InChI=1S/C21H19NO4/c1-26-19-9-5-4-8-16(19)13-18(21(24)25)22-20(23)17-11-10-14-6-2-3-7-15(14)12-17/h2-12,18H,13H2,1H3,(H,22,23)(H,24,25)/t18-/m1/s1. The van der Waals surface area contributed by atoms with Gasteiger partial charge in [0.25, 0.3) is 5.91 Å². The number of para-hydroxylation sites is 1. The van der Waals surface area contributed by atoms with Crippen LogP contribution in [0.2, 0.25) is 0 Å². The molecule has 0 spiro atoms. The first kappa shape index (κ1) is 17.5. The average Bonchev–Trinajstić information content (AvgIpc) is 2.67. The molecule has 2 N–H and O–H groups in total. The van der Waals surface area contributed by atoms with Crippen LogP contribution >= 0.6 is 0 Å². The number of carbonyl (C=O) groups excluding carboxylic acids is 1. The maximum atomic E-state index is 12.5. The van der Waals surface area contributed by atoms with Crippen molar-refractivity contribution in [1.82, 2.24) is 5.32 Å². The molecular weight excluding hydrogens is 330 g/mol. The van der Waals surface area contributed by atoms with Gasteiger partial charge in [0.05, 0.1) is 7.11 Å². The number of amides is 1. The van der Waals surface area contributed by atoms with Gasteiger partial charge in [0, 0.05) is 12.0 Å². The topological polar surface area (TPSA) is 75.6 Å². The Morgan fingerprint density at radius 3 is 2.42 bits per heavy atom. The van der Waals surface area contributed by atoms with Crippen molar-refractivity contribution in [3.63, 3.8) is 0 Å². The number of benzene rings is 3. The molecule has 1 atom stereocenters. The Kier molecular flexibility index (Phi) is 5.17. The van der Waals surface area contributed by atoms with Gasteiger partial charge in [0.15, 0.2) is 0 Å². The molecule has 0 aliphatic rings. The minimum atomic E-state index is -1.09. The summed E-state index contributed by atoms with van der Waals surface area (Å²) in [6.07, 6.45) is 0.138. The summed E-state index contributed by atoms with van der Waals surface area (Å²) in [6.45, 7) is 0. The fourth-order valence-corrected chi connectivity index (χ4v) is 2.86. The fourth-order valence-electron chi connectivity index (χ4n) is 2.86. The maximum Gasteiger partial charge on any atom is 0.326 e. The molecule has 0 aliphatic carbocycles. The summed E-state index contributed by atoms with van der Waals surface area (Å²) < 4.78 is 5.26. The van der Waals surface area contributed by atoms with Crippen molar-refractivity contribution in [2.45, 2.75) is 12.5 Å². The van der Waals surface area contributed by atoms with Crippen molar-refractivity contribution < 1.29 is 19.4 Å². The van der Waals surface area contributed by atoms with E-state index in [2.05, 4.69) is 5.32 Å². The summed E-state index contributed by atoms with van der Waals surface area (Å²) in [5, 5.41) is 14.1. The van der Waals surface area contributed by atoms with Gasteiger partial charge < -0.3 is 15.2 Å². The predicted molar refractivity (Wildman–Crippen MR) is 99.5 cm³/mol. The Bertz CT molecular complexity index is 951. The summed E-state index contributed by atoms with van der Waals surface area (Å²) in [5.74, 6) is -0.915. The predicted octanol–water partition coefficient (Wildman–Crippen LogP) is 3.27. The molecule has 0 heterocycles. The SMILES string of the molecule is COc1ccccc1C[C@@H](NC(=O)c1ccc2ccccc2c1)C(=O)O. The third-order valence-electron chi connectivity index (χ3n) is 4.23. The number of carboxylic acids is 1. The second-order valence-electron chi connectivity index (χ2n) is 5.94. The smallest absolute Gasteiger partial charge is 0.326 e. The lowest BCUT2D eigenvalue weighted by atomic mass is 10.0. The van der Waals surface area contributed by atoms with Crippen LogP contribution in [0.15, 0.2) is 66.7 Å². The van der Waals surface area contributed by atoms with Gasteiger partial charge in [-0.2, -0.15) is 0 Å². The van der Waals surface area contributed by atoms with Crippen molar-refractivity contribution in [3.8, 4) is 5.75 Å². The quantitative estimate of drug-likeness (QED) is 0.716. The van der Waals surface area contributed by atoms with E-state index in [1.165, 1.54) is 7.11 Å². The zero-order valence-electron chi connectivity index (χ0n) is 14.3. The molecule has 0 aliphatic heterocycles. The number of methoxy groups -OCH3 is 1. The molecule has 3 aromatic carbocycles. The third kappa shape index (κ3) is 3.83. The normalized spacial score (nSPS) is 11.7. The highest BCUT2D eigenvalue weighted by Gasteiger charge is 2.22. The Hall–Kier alpha value is -3.34. The van der Waals surface area contributed by atoms with E-state index in [-0.39, 0.29) is 6.42 Å². The van der Waals surface area contributed by atoms with Crippen LogP contribution in [0, 0.1) is 0 Å². The molecule has 0 saturated carbocycles. The molecule has 0 radical (unpaired) electrons. The molecule has 3 aromatic rings. The van der Waals surface area contributed by atoms with Gasteiger partial charge >= 0.3 is 5.97 Å². The van der Waals surface area contributed by atoms with Gasteiger partial charge in [-0.1, -0.05) is 48.5 Å². The maximum absolute atomic E-state index is 12.5. The molecule has 0 fully saturated rings. The van der Waals surface area contributed by atoms with Gasteiger partial charge in [-0.25, -0.2) is 4.79 Å². The number of carbonyl (C=O) groups is 2. The van der Waals surface area contributed by atoms with E-state index in [0.717, 1.165) is 16.3 Å². The second-order valence-corrected chi connectivity index (χ2v) is 5.94. The summed E-state index contributed by atoms with van der Waals surface area (Å²) in [7, 11) is 1.53. The van der Waals surface area contributed by atoms with Gasteiger partial charge in [-0.15, -0.1) is 0 Å². The van der Waals surface area contributed by atoms with Crippen molar-refractivity contribution in [3.05, 3.63) is 77.9 Å². The zero-order valence-corrected chi connectivity index (χ0v) is 14.3. The summed E-state index contributed by atoms with van der Waals surface area (Å²) in [4.78, 5) is 24.2. The lowest BCUT2D eigenvalue weighted by Crippen LogP contribution is -2.42. The van der Waals surface area contributed by atoms with E-state index >= 15 is 0 Å². The van der Waals surface area contributed by atoms with Crippen molar-refractivity contribution in [2.24, 2.45) is 0 Å². The van der Waals surface area contributed by atoms with Crippen LogP contribution in [0.1, 0.15) is 15.9 Å². The molecule has 132 valence electrons. The van der Waals surface area contributed by atoms with Crippen LogP contribution < -0.4 is 10.1 Å². The van der Waals surface area contributed by atoms with E-state index in [1.54, 1.807) is 24.3 Å². The van der Waals surface area contributed by atoms with Gasteiger partial charge in [0.1, 0.15) is 11.8 Å². The lowest BCUT2D eigenvalue weighted by Gasteiger charge is -2.16. The van der Waals surface area contributed by atoms with Gasteiger partial charge in [-0.05, 0) is 34.5 Å². The summed E-state index contributed by atoms with van der Waals surface area (Å²) in [6, 6.07) is 19.1. The summed E-state index contributed by atoms with van der Waals surface area (Å²) in [5.41, 5.74) is 1.15. The number of nitrogens with one attached hydrogen (secondary N) is 1. The minimum absolute atomic E-state index is 0.138. The molecule has 0 saturated heterocycles. The number of ether oxygens (including phenoxy) is 1. The first-order valence-corrected chi connectivity index (χ1v) is 8.23. The van der Waals surface area contributed by atoms with Crippen LogP contribution in [0.4, 0.5) is 0 Å². The van der Waals surface area contributed by atoms with Crippen molar-refractivity contribution >= 4 is 22.6 Å². The molecule has 26 heavy (non-hydrogen) atoms. The molecular formula is C21H19NO4. The molecule has 0 unspecified atom stereocenters. The lowest BCUT2D eigenvalue weighted by molar-refractivity contribution is -0.139. The first-order valence-electron chi connectivity index (χ1n) is 8.23. The first-order chi connectivity index (χ1) is 12.6. The van der Waals surface area contributed by atoms with Crippen molar-refractivity contribution in [1.29, 1.82) is 0 Å². The number of fused-ring (bicyclic) bond motifs is 1. The largest absolute Gasteiger partial charge is 0.496 e. The van der Waals surface area contributed by atoms with E-state index in [4.69, 9.17) is 4.74 Å². The monoisotopic (exact) mass is 349 g/mol. The number of hydrogen-bond donors (Lipinski definition) is 2. The second kappa shape index (κ2) is 7.70. The van der Waals surface area contributed by atoms with E-state index < -0.39 is 17.9 Å². The fraction of sp³-hybridized carbons (Fsp3) is 0.143. The molecule has 5 nitrogen and oxygen atoms in total. The molecule has 0 aromatic heterocycles. The van der Waals surface area contributed by atoms with Gasteiger partial charge in [-0.3, -0.25) is 4.79 Å². The Morgan fingerprint density at radius 1 is 1.00 bits per heavy atom. The van der Waals surface area contributed by atoms with E-state index in [9.17, 15) is 14.7 Å². The number of hydrogen-bond acceptors (Lipinski definition) is 3. The Labute approximate surface area is 151 Å². The van der Waals surface area contributed by atoms with Crippen LogP contribution in [-0.4, -0.2) is 30.1 Å². The highest BCUT2D eigenvalue weighted by Crippen LogP contribution is 2.20. The Morgan fingerprint density at radius 2 is 1.69 bits per heavy atom. The number of aliphatic carboxylic acids is 1.